The van der Waals surface area contributed by atoms with Gasteiger partial charge in [0.2, 0.25) is 0 Å². The number of hydrogen-bond donors (Lipinski definition) is 0. The van der Waals surface area contributed by atoms with Gasteiger partial charge in [-0.2, -0.15) is 0 Å². The predicted molar refractivity (Wildman–Crippen MR) is 239 cm³/mol. The van der Waals surface area contributed by atoms with Gasteiger partial charge in [0.1, 0.15) is 0 Å². The molecule has 4 aliphatic rings. The second-order valence-electron chi connectivity index (χ2n) is 16.5. The van der Waals surface area contributed by atoms with Crippen molar-refractivity contribution >= 4 is 0 Å². The van der Waals surface area contributed by atoms with E-state index in [1.54, 1.807) is 0 Å². The monoisotopic (exact) mass is 762 g/mol. The second-order valence-corrected chi connectivity index (χ2v) is 16.5. The third-order valence-electron chi connectivity index (χ3n) is 14.0. The van der Waals surface area contributed by atoms with Gasteiger partial charge in [0.25, 0.3) is 0 Å². The van der Waals surface area contributed by atoms with Crippen LogP contribution in [0.2, 0.25) is 0 Å². The molecule has 60 heavy (non-hydrogen) atoms. The first kappa shape index (κ1) is 32.2. The molecule has 0 N–H and O–H groups in total. The van der Waals surface area contributed by atoms with Gasteiger partial charge in [-0.1, -0.05) is 158 Å². The molecule has 8 aromatic carbocycles. The fraction of sp³-hybridized carbons (Fsp3) is 0.0357. The number of nitrogens with zero attached hydrogens (tertiary/aromatic N) is 4. The Balaban J connectivity index is 0.944. The minimum absolute atomic E-state index is 0.427. The van der Waals surface area contributed by atoms with E-state index in [0.717, 1.165) is 23.0 Å². The van der Waals surface area contributed by atoms with Gasteiger partial charge in [-0.25, -0.2) is 9.97 Å². The van der Waals surface area contributed by atoms with Gasteiger partial charge in [0.15, 0.2) is 11.6 Å². The third kappa shape index (κ3) is 3.74. The summed E-state index contributed by atoms with van der Waals surface area (Å²) in [5.41, 5.74) is 22.2. The molecule has 278 valence electrons. The molecule has 10 aromatic rings. The van der Waals surface area contributed by atoms with Crippen molar-refractivity contribution in [1.29, 1.82) is 0 Å². The Morgan fingerprint density at radius 3 is 0.850 bits per heavy atom. The highest BCUT2D eigenvalue weighted by atomic mass is 15.2. The van der Waals surface area contributed by atoms with Gasteiger partial charge >= 0.3 is 0 Å². The summed E-state index contributed by atoms with van der Waals surface area (Å²) < 4.78 is 4.41. The lowest BCUT2D eigenvalue weighted by molar-refractivity contribution is 0.791. The van der Waals surface area contributed by atoms with Crippen LogP contribution >= 0.6 is 0 Å². The van der Waals surface area contributed by atoms with Crippen molar-refractivity contribution in [3.05, 3.63) is 251 Å². The number of imidazole rings is 2. The normalized spacial score (nSPS) is 14.6. The summed E-state index contributed by atoms with van der Waals surface area (Å²) in [6.07, 6.45) is 7.93. The molecule has 4 nitrogen and oxygen atoms in total. The van der Waals surface area contributed by atoms with Crippen molar-refractivity contribution in [1.82, 2.24) is 19.1 Å². The van der Waals surface area contributed by atoms with E-state index in [1.807, 2.05) is 12.4 Å². The summed E-state index contributed by atoms with van der Waals surface area (Å²) in [4.78, 5) is 10.1. The van der Waals surface area contributed by atoms with Crippen LogP contribution in [0, 0.1) is 0 Å². The first-order valence-electron chi connectivity index (χ1n) is 20.7. The van der Waals surface area contributed by atoms with Crippen LogP contribution in [0.15, 0.2) is 207 Å². The molecule has 0 aliphatic heterocycles. The summed E-state index contributed by atoms with van der Waals surface area (Å²) >= 11 is 0. The Labute approximate surface area is 347 Å². The minimum Gasteiger partial charge on any atom is -0.297 e. The van der Waals surface area contributed by atoms with Crippen LogP contribution in [-0.2, 0) is 10.8 Å². The third-order valence-corrected chi connectivity index (χ3v) is 14.0. The molecule has 0 fully saturated rings. The predicted octanol–water partition coefficient (Wildman–Crippen LogP) is 12.4. The molecule has 0 amide bonds. The van der Waals surface area contributed by atoms with Crippen LogP contribution in [0.4, 0.5) is 0 Å². The standard InChI is InChI=1S/C56H34N4/c1-7-19-45-37(13-1)38-14-2-8-20-46(38)55(45)49-23-11-5-17-41(49)43-27-25-35(33-51(43)55)59-31-29-57-53(59)54-58-30-32-60(54)36-26-28-44-42-18-6-12-24-50(42)56(52(44)34-36)47-21-9-3-15-39(47)40-16-4-10-22-48(40)56/h1-34H. The molecule has 2 aromatic heterocycles. The molecule has 0 bridgehead atoms. The molecular weight excluding hydrogens is 729 g/mol. The molecule has 0 unspecified atom stereocenters. The molecule has 4 aliphatic carbocycles. The topological polar surface area (TPSA) is 35.6 Å². The van der Waals surface area contributed by atoms with E-state index in [0.29, 0.717) is 0 Å². The molecule has 2 spiro atoms. The number of rotatable bonds is 3. The van der Waals surface area contributed by atoms with E-state index in [2.05, 4.69) is 204 Å². The van der Waals surface area contributed by atoms with Crippen LogP contribution in [-0.4, -0.2) is 19.1 Å². The lowest BCUT2D eigenvalue weighted by Crippen LogP contribution is -2.26. The summed E-state index contributed by atoms with van der Waals surface area (Å²) in [5, 5.41) is 0. The zero-order chi connectivity index (χ0) is 39.2. The van der Waals surface area contributed by atoms with Gasteiger partial charge in [-0.3, -0.25) is 9.13 Å². The highest BCUT2D eigenvalue weighted by Gasteiger charge is 2.53. The van der Waals surface area contributed by atoms with Crippen LogP contribution in [0.25, 0.3) is 67.5 Å². The number of benzene rings is 8. The number of aromatic nitrogens is 4. The SMILES string of the molecule is c1ccc2c(c1)-c1ccccc1C21c2ccccc2-c2ccc(-n3ccnc3-c3nccn3-c3ccc4c(c3)C3(c5ccccc5-c5ccccc53)c3ccccc3-4)cc21. The van der Waals surface area contributed by atoms with E-state index in [4.69, 9.17) is 9.97 Å². The van der Waals surface area contributed by atoms with E-state index in [-0.39, 0.29) is 0 Å². The lowest BCUT2D eigenvalue weighted by Gasteiger charge is -2.30. The van der Waals surface area contributed by atoms with E-state index >= 15 is 0 Å². The fourth-order valence-electron chi connectivity index (χ4n) is 11.8. The Hall–Kier alpha value is -7.82. The second kappa shape index (κ2) is 11.4. The minimum atomic E-state index is -0.427. The highest BCUT2D eigenvalue weighted by molar-refractivity contribution is 5.97. The molecule has 2 heterocycles. The van der Waals surface area contributed by atoms with E-state index < -0.39 is 10.8 Å². The van der Waals surface area contributed by atoms with Crippen LogP contribution in [0.3, 0.4) is 0 Å². The van der Waals surface area contributed by atoms with Crippen LogP contribution in [0.5, 0.6) is 0 Å². The van der Waals surface area contributed by atoms with Crippen molar-refractivity contribution in [2.75, 3.05) is 0 Å². The molecule has 0 saturated carbocycles. The average molecular weight is 763 g/mol. The lowest BCUT2D eigenvalue weighted by atomic mass is 9.70. The van der Waals surface area contributed by atoms with Crippen LogP contribution in [0.1, 0.15) is 44.5 Å². The zero-order valence-electron chi connectivity index (χ0n) is 32.4. The van der Waals surface area contributed by atoms with Crippen molar-refractivity contribution in [3.8, 4) is 67.5 Å². The molecule has 0 saturated heterocycles. The Morgan fingerprint density at radius 1 is 0.283 bits per heavy atom. The zero-order valence-corrected chi connectivity index (χ0v) is 32.4. The molecule has 0 atom stereocenters. The fourth-order valence-corrected chi connectivity index (χ4v) is 11.8. The average Bonchev–Trinajstić information content (AvgIpc) is 4.17. The maximum absolute atomic E-state index is 5.03. The maximum atomic E-state index is 5.03. The largest absolute Gasteiger partial charge is 0.297 e. The molecule has 4 heteroatoms. The van der Waals surface area contributed by atoms with E-state index in [9.17, 15) is 0 Å². The Bertz CT molecular complexity index is 3110. The first-order valence-corrected chi connectivity index (χ1v) is 20.7. The summed E-state index contributed by atoms with van der Waals surface area (Å²) in [6.45, 7) is 0. The smallest absolute Gasteiger partial charge is 0.181 e. The number of hydrogen-bond acceptors (Lipinski definition) is 2. The van der Waals surface area contributed by atoms with Gasteiger partial charge in [0.05, 0.1) is 10.8 Å². The maximum Gasteiger partial charge on any atom is 0.181 e. The Morgan fingerprint density at radius 2 is 0.550 bits per heavy atom. The van der Waals surface area contributed by atoms with Crippen molar-refractivity contribution < 1.29 is 0 Å². The first-order chi connectivity index (χ1) is 29.8. The Kier molecular flexibility index (Phi) is 6.13. The van der Waals surface area contributed by atoms with Gasteiger partial charge in [0, 0.05) is 36.2 Å². The van der Waals surface area contributed by atoms with Gasteiger partial charge in [-0.15, -0.1) is 0 Å². The summed E-state index contributed by atoms with van der Waals surface area (Å²) in [7, 11) is 0. The summed E-state index contributed by atoms with van der Waals surface area (Å²) in [5.74, 6) is 1.57. The quantitative estimate of drug-likeness (QED) is 0.180. The molecule has 0 radical (unpaired) electrons. The van der Waals surface area contributed by atoms with Crippen molar-refractivity contribution in [2.45, 2.75) is 10.8 Å². The van der Waals surface area contributed by atoms with Crippen molar-refractivity contribution in [2.24, 2.45) is 0 Å². The van der Waals surface area contributed by atoms with Gasteiger partial charge in [-0.05, 0) is 113 Å². The van der Waals surface area contributed by atoms with Crippen LogP contribution < -0.4 is 0 Å². The van der Waals surface area contributed by atoms with Gasteiger partial charge < -0.3 is 0 Å². The highest BCUT2D eigenvalue weighted by Crippen LogP contribution is 2.64. The van der Waals surface area contributed by atoms with E-state index in [1.165, 1.54) is 89.0 Å². The van der Waals surface area contributed by atoms with Crippen molar-refractivity contribution in [3.63, 3.8) is 0 Å². The molecular formula is C56H34N4. The number of fused-ring (bicyclic) bond motifs is 20. The molecule has 14 rings (SSSR count). The summed E-state index contributed by atoms with van der Waals surface area (Å²) in [6, 6.07) is 67.7.